The third kappa shape index (κ3) is 7.67. The van der Waals surface area contributed by atoms with E-state index in [1.807, 2.05) is 54.6 Å². The largest absolute Gasteiger partial charge is 0.481 e. The zero-order valence-corrected chi connectivity index (χ0v) is 16.7. The van der Waals surface area contributed by atoms with Gasteiger partial charge in [0.1, 0.15) is 0 Å². The van der Waals surface area contributed by atoms with Crippen molar-refractivity contribution in [1.82, 2.24) is 5.32 Å². The van der Waals surface area contributed by atoms with Crippen LogP contribution in [-0.2, 0) is 20.8 Å². The van der Waals surface area contributed by atoms with Crippen molar-refractivity contribution in [3.63, 3.8) is 0 Å². The number of aliphatic hydroxyl groups is 1. The van der Waals surface area contributed by atoms with Crippen LogP contribution in [0, 0.1) is 5.92 Å². The van der Waals surface area contributed by atoms with Crippen LogP contribution in [0.25, 0.3) is 11.1 Å². The molecule has 0 heterocycles. The lowest BCUT2D eigenvalue weighted by Crippen LogP contribution is -2.39. The number of hydrogen-bond donors (Lipinski definition) is 4. The van der Waals surface area contributed by atoms with Crippen LogP contribution in [0.3, 0.4) is 0 Å². The van der Waals surface area contributed by atoms with Gasteiger partial charge in [-0.1, -0.05) is 54.6 Å². The maximum absolute atomic E-state index is 12.2. The number of aliphatic carboxylic acids is 2. The number of carboxylic acid groups (broad SMARTS) is 2. The average molecular weight is 413 g/mol. The summed E-state index contributed by atoms with van der Waals surface area (Å²) >= 11 is 0. The Hall–Kier alpha value is -3.19. The number of rotatable bonds is 12. The Morgan fingerprint density at radius 1 is 0.867 bits per heavy atom. The van der Waals surface area contributed by atoms with Gasteiger partial charge < -0.3 is 20.6 Å². The Morgan fingerprint density at radius 3 is 2.07 bits per heavy atom. The first-order valence-electron chi connectivity index (χ1n) is 9.88. The van der Waals surface area contributed by atoms with Gasteiger partial charge >= 0.3 is 11.9 Å². The van der Waals surface area contributed by atoms with E-state index in [4.69, 9.17) is 5.11 Å². The van der Waals surface area contributed by atoms with Crippen LogP contribution >= 0.6 is 0 Å². The molecule has 0 bridgehead atoms. The standard InChI is InChI=1S/C23H27NO6/c25-15-19(23(29)30)14-20(24-21(26)7-4-8-22(27)28)13-16-9-11-18(12-10-16)17-5-2-1-3-6-17/h1-3,5-6,9-12,19-20,25H,4,7-8,13-15H2,(H,24,26)(H,27,28)(H,29,30)/t19-,20+/m0/s1. The van der Waals surface area contributed by atoms with Gasteiger partial charge in [-0.25, -0.2) is 0 Å². The molecule has 0 aliphatic rings. The van der Waals surface area contributed by atoms with E-state index in [2.05, 4.69) is 5.32 Å². The zero-order chi connectivity index (χ0) is 21.9. The van der Waals surface area contributed by atoms with Crippen molar-refractivity contribution in [2.24, 2.45) is 5.92 Å². The molecule has 2 aromatic carbocycles. The molecule has 0 saturated heterocycles. The second-order valence-corrected chi connectivity index (χ2v) is 7.23. The van der Waals surface area contributed by atoms with E-state index in [0.29, 0.717) is 6.42 Å². The minimum absolute atomic E-state index is 0.0482. The summed E-state index contributed by atoms with van der Waals surface area (Å²) in [6.45, 7) is -0.520. The molecule has 0 fully saturated rings. The van der Waals surface area contributed by atoms with Gasteiger partial charge in [0.25, 0.3) is 0 Å². The topological polar surface area (TPSA) is 124 Å². The molecule has 2 atom stereocenters. The van der Waals surface area contributed by atoms with Crippen LogP contribution in [0.4, 0.5) is 0 Å². The molecule has 0 saturated carbocycles. The Balaban J connectivity index is 2.06. The Bertz CT molecular complexity index is 835. The first kappa shape index (κ1) is 23.1. The van der Waals surface area contributed by atoms with E-state index in [-0.39, 0.29) is 31.6 Å². The van der Waals surface area contributed by atoms with Gasteiger partial charge in [0.2, 0.25) is 5.91 Å². The van der Waals surface area contributed by atoms with Crippen molar-refractivity contribution in [2.75, 3.05) is 6.61 Å². The molecule has 7 nitrogen and oxygen atoms in total. The van der Waals surface area contributed by atoms with Crippen molar-refractivity contribution < 1.29 is 29.7 Å². The summed E-state index contributed by atoms with van der Waals surface area (Å²) in [4.78, 5) is 34.1. The number of nitrogens with one attached hydrogen (secondary N) is 1. The lowest BCUT2D eigenvalue weighted by molar-refractivity contribution is -0.144. The van der Waals surface area contributed by atoms with Gasteiger partial charge in [0.05, 0.1) is 12.5 Å². The number of carbonyl (C=O) groups excluding carboxylic acids is 1. The minimum Gasteiger partial charge on any atom is -0.481 e. The Morgan fingerprint density at radius 2 is 1.50 bits per heavy atom. The fourth-order valence-electron chi connectivity index (χ4n) is 3.24. The smallest absolute Gasteiger partial charge is 0.308 e. The van der Waals surface area contributed by atoms with Gasteiger partial charge in [0, 0.05) is 18.9 Å². The fraction of sp³-hybridized carbons (Fsp3) is 0.348. The molecule has 4 N–H and O–H groups in total. The molecule has 1 amide bonds. The van der Waals surface area contributed by atoms with Crippen molar-refractivity contribution in [1.29, 1.82) is 0 Å². The maximum Gasteiger partial charge on any atom is 0.308 e. The molecule has 7 heteroatoms. The molecule has 30 heavy (non-hydrogen) atoms. The lowest BCUT2D eigenvalue weighted by atomic mass is 9.94. The van der Waals surface area contributed by atoms with Gasteiger partial charge in [-0.05, 0) is 36.0 Å². The highest BCUT2D eigenvalue weighted by molar-refractivity contribution is 5.77. The molecule has 0 radical (unpaired) electrons. The van der Waals surface area contributed by atoms with Crippen molar-refractivity contribution >= 4 is 17.8 Å². The van der Waals surface area contributed by atoms with Gasteiger partial charge in [-0.3, -0.25) is 14.4 Å². The summed E-state index contributed by atoms with van der Waals surface area (Å²) in [6, 6.07) is 17.2. The molecular formula is C23H27NO6. The second kappa shape index (κ2) is 11.7. The van der Waals surface area contributed by atoms with E-state index in [0.717, 1.165) is 16.7 Å². The predicted molar refractivity (Wildman–Crippen MR) is 112 cm³/mol. The van der Waals surface area contributed by atoms with Crippen LogP contribution in [0.2, 0.25) is 0 Å². The monoisotopic (exact) mass is 413 g/mol. The summed E-state index contributed by atoms with van der Waals surface area (Å²) < 4.78 is 0. The molecule has 0 aliphatic carbocycles. The summed E-state index contributed by atoms with van der Waals surface area (Å²) in [7, 11) is 0. The van der Waals surface area contributed by atoms with E-state index in [1.54, 1.807) is 0 Å². The molecule has 0 unspecified atom stereocenters. The SMILES string of the molecule is O=C(O)CCCC(=O)N[C@H](Cc1ccc(-c2ccccc2)cc1)C[C@@H](CO)C(=O)O. The number of carbonyl (C=O) groups is 3. The third-order valence-electron chi connectivity index (χ3n) is 4.84. The maximum atomic E-state index is 12.2. The average Bonchev–Trinajstić information content (AvgIpc) is 2.72. The van der Waals surface area contributed by atoms with Crippen LogP contribution < -0.4 is 5.32 Å². The fourth-order valence-corrected chi connectivity index (χ4v) is 3.24. The van der Waals surface area contributed by atoms with Crippen LogP contribution in [-0.4, -0.2) is 45.8 Å². The van der Waals surface area contributed by atoms with Crippen molar-refractivity contribution in [3.05, 3.63) is 60.2 Å². The summed E-state index contributed by atoms with van der Waals surface area (Å²) in [5, 5.41) is 30.1. The number of carboxylic acids is 2. The van der Waals surface area contributed by atoms with Gasteiger partial charge in [0.15, 0.2) is 0 Å². The van der Waals surface area contributed by atoms with Crippen LogP contribution in [0.5, 0.6) is 0 Å². The summed E-state index contributed by atoms with van der Waals surface area (Å²) in [5.41, 5.74) is 3.05. The zero-order valence-electron chi connectivity index (χ0n) is 16.7. The molecule has 0 aromatic heterocycles. The molecule has 160 valence electrons. The van der Waals surface area contributed by atoms with Crippen LogP contribution in [0.1, 0.15) is 31.2 Å². The second-order valence-electron chi connectivity index (χ2n) is 7.23. The molecule has 2 aromatic rings. The number of hydrogen-bond acceptors (Lipinski definition) is 4. The van der Waals surface area contributed by atoms with Crippen LogP contribution in [0.15, 0.2) is 54.6 Å². The molecule has 0 spiro atoms. The predicted octanol–water partition coefficient (Wildman–Crippen LogP) is 2.72. The first-order valence-corrected chi connectivity index (χ1v) is 9.88. The third-order valence-corrected chi connectivity index (χ3v) is 4.84. The quantitative estimate of drug-likeness (QED) is 0.424. The molecule has 0 aliphatic heterocycles. The van der Waals surface area contributed by atoms with E-state index in [9.17, 15) is 24.6 Å². The summed E-state index contributed by atoms with van der Waals surface area (Å²) in [5.74, 6) is -3.41. The lowest BCUT2D eigenvalue weighted by Gasteiger charge is -2.22. The highest BCUT2D eigenvalue weighted by atomic mass is 16.4. The molecular weight excluding hydrogens is 386 g/mol. The Labute approximate surface area is 175 Å². The number of aliphatic hydroxyl groups excluding tert-OH is 1. The summed E-state index contributed by atoms with van der Waals surface area (Å²) in [6.07, 6.45) is 0.641. The first-order chi connectivity index (χ1) is 14.4. The molecule has 2 rings (SSSR count). The minimum atomic E-state index is -1.12. The highest BCUT2D eigenvalue weighted by Gasteiger charge is 2.23. The van der Waals surface area contributed by atoms with E-state index in [1.165, 1.54) is 0 Å². The van der Waals surface area contributed by atoms with Crippen molar-refractivity contribution in [2.45, 2.75) is 38.1 Å². The number of benzene rings is 2. The van der Waals surface area contributed by atoms with Gasteiger partial charge in [-0.2, -0.15) is 0 Å². The van der Waals surface area contributed by atoms with Crippen molar-refractivity contribution in [3.8, 4) is 11.1 Å². The van der Waals surface area contributed by atoms with E-state index >= 15 is 0 Å². The Kier molecular flexibility index (Phi) is 9.03. The van der Waals surface area contributed by atoms with Gasteiger partial charge in [-0.15, -0.1) is 0 Å². The highest BCUT2D eigenvalue weighted by Crippen LogP contribution is 2.20. The van der Waals surface area contributed by atoms with E-state index < -0.39 is 30.5 Å². The normalized spacial score (nSPS) is 12.7. The number of amides is 1.